The standard InChI is InChI=1S/C17H13BrN2O/c18-15-6-2-1-5-11(15)12-9-13(12)17(21)14(10-19)16-7-3-4-8-20-16/h1-8,12-14H,9H2/t12-,13-,14+/m1/s1. The van der Waals surface area contributed by atoms with Crippen LogP contribution >= 0.6 is 15.9 Å². The molecule has 0 aliphatic heterocycles. The van der Waals surface area contributed by atoms with Crippen LogP contribution in [0, 0.1) is 17.2 Å². The van der Waals surface area contributed by atoms with Crippen LogP contribution in [0.5, 0.6) is 0 Å². The maximum absolute atomic E-state index is 12.6. The molecule has 3 rings (SSSR count). The molecule has 21 heavy (non-hydrogen) atoms. The van der Waals surface area contributed by atoms with E-state index in [0.717, 1.165) is 16.5 Å². The molecule has 104 valence electrons. The minimum absolute atomic E-state index is 0.0167. The molecule has 1 heterocycles. The number of carbonyl (C=O) groups excluding carboxylic acids is 1. The van der Waals surface area contributed by atoms with Gasteiger partial charge in [-0.1, -0.05) is 40.2 Å². The molecule has 0 spiro atoms. The number of benzene rings is 1. The van der Waals surface area contributed by atoms with Gasteiger partial charge in [-0.2, -0.15) is 5.26 Å². The van der Waals surface area contributed by atoms with Gasteiger partial charge in [0.2, 0.25) is 0 Å². The van der Waals surface area contributed by atoms with E-state index in [4.69, 9.17) is 0 Å². The normalized spacial score (nSPS) is 21.3. The summed E-state index contributed by atoms with van der Waals surface area (Å²) in [6.45, 7) is 0. The molecule has 0 saturated heterocycles. The van der Waals surface area contributed by atoms with Crippen LogP contribution in [0.25, 0.3) is 0 Å². The number of halogens is 1. The van der Waals surface area contributed by atoms with E-state index in [9.17, 15) is 10.1 Å². The molecule has 0 N–H and O–H groups in total. The molecule has 4 heteroatoms. The first-order valence-corrected chi connectivity index (χ1v) is 7.60. The van der Waals surface area contributed by atoms with Gasteiger partial charge in [0.25, 0.3) is 0 Å². The number of nitriles is 1. The van der Waals surface area contributed by atoms with Crippen molar-refractivity contribution in [3.63, 3.8) is 0 Å². The zero-order valence-corrected chi connectivity index (χ0v) is 12.8. The first kappa shape index (κ1) is 14.0. The van der Waals surface area contributed by atoms with Gasteiger partial charge in [-0.05, 0) is 36.1 Å². The Hall–Kier alpha value is -1.99. The van der Waals surface area contributed by atoms with Gasteiger partial charge < -0.3 is 0 Å². The highest BCUT2D eigenvalue weighted by Gasteiger charge is 2.47. The number of pyridine rings is 1. The molecule has 1 saturated carbocycles. The topological polar surface area (TPSA) is 53.8 Å². The first-order chi connectivity index (χ1) is 10.2. The zero-order valence-electron chi connectivity index (χ0n) is 11.2. The Balaban J connectivity index is 1.79. The molecule has 3 atom stereocenters. The summed E-state index contributed by atoms with van der Waals surface area (Å²) in [6.07, 6.45) is 2.43. The summed E-state index contributed by atoms with van der Waals surface area (Å²) in [5, 5.41) is 9.32. The largest absolute Gasteiger partial charge is 0.297 e. The number of rotatable bonds is 4. The number of hydrogen-bond donors (Lipinski definition) is 0. The van der Waals surface area contributed by atoms with Crippen molar-refractivity contribution < 1.29 is 4.79 Å². The van der Waals surface area contributed by atoms with E-state index in [1.807, 2.05) is 24.3 Å². The molecule has 1 fully saturated rings. The van der Waals surface area contributed by atoms with E-state index < -0.39 is 5.92 Å². The Morgan fingerprint density at radius 2 is 2.05 bits per heavy atom. The van der Waals surface area contributed by atoms with E-state index in [1.54, 1.807) is 24.4 Å². The van der Waals surface area contributed by atoms with Crippen molar-refractivity contribution in [3.8, 4) is 6.07 Å². The highest BCUT2D eigenvalue weighted by Crippen LogP contribution is 2.51. The minimum atomic E-state index is -0.760. The fourth-order valence-electron chi connectivity index (χ4n) is 2.67. The second-order valence-corrected chi connectivity index (χ2v) is 6.04. The molecular weight excluding hydrogens is 328 g/mol. The molecule has 1 aliphatic carbocycles. The molecule has 1 aromatic heterocycles. The number of carbonyl (C=O) groups is 1. The lowest BCUT2D eigenvalue weighted by molar-refractivity contribution is -0.120. The molecule has 3 nitrogen and oxygen atoms in total. The third kappa shape index (κ3) is 2.74. The van der Waals surface area contributed by atoms with Crippen LogP contribution in [0.4, 0.5) is 0 Å². The third-order valence-corrected chi connectivity index (χ3v) is 4.58. The molecule has 0 radical (unpaired) electrons. The lowest BCUT2D eigenvalue weighted by Gasteiger charge is -2.08. The van der Waals surface area contributed by atoms with Gasteiger partial charge in [-0.25, -0.2) is 0 Å². The van der Waals surface area contributed by atoms with Crippen LogP contribution in [0.3, 0.4) is 0 Å². The van der Waals surface area contributed by atoms with Gasteiger partial charge in [0.15, 0.2) is 5.78 Å². The lowest BCUT2D eigenvalue weighted by Crippen LogP contribution is -2.15. The van der Waals surface area contributed by atoms with Crippen molar-refractivity contribution in [2.24, 2.45) is 5.92 Å². The summed E-state index contributed by atoms with van der Waals surface area (Å²) in [6, 6.07) is 15.4. The molecule has 1 aliphatic rings. The average molecular weight is 341 g/mol. The van der Waals surface area contributed by atoms with Crippen LogP contribution in [-0.4, -0.2) is 10.8 Å². The third-order valence-electron chi connectivity index (χ3n) is 3.86. The number of Topliss-reactive ketones (excluding diaryl/α,β-unsaturated/α-hetero) is 1. The molecule has 2 aromatic rings. The van der Waals surface area contributed by atoms with Crippen LogP contribution in [0.15, 0.2) is 53.1 Å². The average Bonchev–Trinajstić information content (AvgIpc) is 3.30. The van der Waals surface area contributed by atoms with Crippen molar-refractivity contribution in [1.29, 1.82) is 5.26 Å². The molecule has 0 unspecified atom stereocenters. The van der Waals surface area contributed by atoms with Gasteiger partial charge in [0, 0.05) is 16.6 Å². The van der Waals surface area contributed by atoms with Crippen molar-refractivity contribution in [2.75, 3.05) is 0 Å². The quantitative estimate of drug-likeness (QED) is 0.849. The Morgan fingerprint density at radius 3 is 2.71 bits per heavy atom. The number of nitrogens with zero attached hydrogens (tertiary/aromatic N) is 2. The number of hydrogen-bond acceptors (Lipinski definition) is 3. The summed E-state index contributed by atoms with van der Waals surface area (Å²) in [5.74, 6) is -0.636. The number of aromatic nitrogens is 1. The fourth-order valence-corrected chi connectivity index (χ4v) is 3.24. The second-order valence-electron chi connectivity index (χ2n) is 5.19. The van der Waals surface area contributed by atoms with Gasteiger partial charge in [0.05, 0.1) is 11.8 Å². The summed E-state index contributed by atoms with van der Waals surface area (Å²) in [5.41, 5.74) is 1.69. The first-order valence-electron chi connectivity index (χ1n) is 6.81. The van der Waals surface area contributed by atoms with Crippen molar-refractivity contribution in [3.05, 3.63) is 64.4 Å². The van der Waals surface area contributed by atoms with Crippen LogP contribution in [0.1, 0.15) is 29.5 Å². The molecule has 0 bridgehead atoms. The summed E-state index contributed by atoms with van der Waals surface area (Å²) >= 11 is 3.52. The van der Waals surface area contributed by atoms with E-state index in [-0.39, 0.29) is 17.6 Å². The van der Waals surface area contributed by atoms with E-state index >= 15 is 0 Å². The lowest BCUT2D eigenvalue weighted by atomic mass is 9.95. The molecule has 1 aromatic carbocycles. The van der Waals surface area contributed by atoms with Crippen LogP contribution < -0.4 is 0 Å². The van der Waals surface area contributed by atoms with Gasteiger partial charge in [-0.15, -0.1) is 0 Å². The van der Waals surface area contributed by atoms with Crippen LogP contribution in [0.2, 0.25) is 0 Å². The Labute approximate surface area is 131 Å². The minimum Gasteiger partial charge on any atom is -0.297 e. The van der Waals surface area contributed by atoms with Gasteiger partial charge in [-0.3, -0.25) is 9.78 Å². The van der Waals surface area contributed by atoms with Gasteiger partial charge in [0.1, 0.15) is 5.92 Å². The summed E-state index contributed by atoms with van der Waals surface area (Å²) in [7, 11) is 0. The Kier molecular flexibility index (Phi) is 3.85. The van der Waals surface area contributed by atoms with Gasteiger partial charge >= 0.3 is 0 Å². The monoisotopic (exact) mass is 340 g/mol. The zero-order chi connectivity index (χ0) is 14.8. The Bertz CT molecular complexity index is 708. The van der Waals surface area contributed by atoms with E-state index in [0.29, 0.717) is 5.69 Å². The highest BCUT2D eigenvalue weighted by molar-refractivity contribution is 9.10. The predicted molar refractivity (Wildman–Crippen MR) is 82.6 cm³/mol. The second kappa shape index (κ2) is 5.79. The maximum Gasteiger partial charge on any atom is 0.159 e. The van der Waals surface area contributed by atoms with E-state index in [2.05, 4.69) is 27.0 Å². The van der Waals surface area contributed by atoms with Crippen LogP contribution in [-0.2, 0) is 4.79 Å². The maximum atomic E-state index is 12.6. The highest BCUT2D eigenvalue weighted by atomic mass is 79.9. The predicted octanol–water partition coefficient (Wildman–Crippen LogP) is 3.82. The Morgan fingerprint density at radius 1 is 1.29 bits per heavy atom. The molecular formula is C17H13BrN2O. The SMILES string of the molecule is N#C[C@H](C(=O)[C@@H]1C[C@@H]1c1ccccc1Br)c1ccccn1. The molecule has 0 amide bonds. The van der Waals surface area contributed by atoms with Crippen molar-refractivity contribution in [2.45, 2.75) is 18.3 Å². The number of ketones is 1. The van der Waals surface area contributed by atoms with Crippen molar-refractivity contribution >= 4 is 21.7 Å². The fraction of sp³-hybridized carbons (Fsp3) is 0.235. The smallest absolute Gasteiger partial charge is 0.159 e. The van der Waals surface area contributed by atoms with E-state index in [1.165, 1.54) is 0 Å². The summed E-state index contributed by atoms with van der Waals surface area (Å²) < 4.78 is 1.02. The van der Waals surface area contributed by atoms with Crippen molar-refractivity contribution in [1.82, 2.24) is 4.98 Å². The summed E-state index contributed by atoms with van der Waals surface area (Å²) in [4.78, 5) is 16.7.